The Morgan fingerprint density at radius 1 is 1.08 bits per heavy atom. The molecule has 0 amide bonds. The molecule has 2 heteroatoms. The second kappa shape index (κ2) is 4.48. The van der Waals surface area contributed by atoms with Crippen LogP contribution in [-0.4, -0.2) is 13.1 Å². The van der Waals surface area contributed by atoms with Crippen molar-refractivity contribution >= 4 is 17.3 Å². The Bertz CT molecular complexity index is 226. The molecule has 1 rings (SSSR count). The number of benzene rings is 1. The van der Waals surface area contributed by atoms with Crippen molar-refractivity contribution in [2.45, 2.75) is 13.8 Å². The van der Waals surface area contributed by atoms with Crippen LogP contribution in [-0.2, 0) is 0 Å². The molecule has 1 aromatic carbocycles. The summed E-state index contributed by atoms with van der Waals surface area (Å²) < 4.78 is 0. The van der Waals surface area contributed by atoms with Gasteiger partial charge in [0, 0.05) is 17.2 Å². The monoisotopic (exact) mass is 183 g/mol. The van der Waals surface area contributed by atoms with E-state index in [0.717, 1.165) is 18.1 Å². The average Bonchev–Trinajstić information content (AvgIpc) is 2.10. The highest BCUT2D eigenvalue weighted by Gasteiger charge is 2.11. The van der Waals surface area contributed by atoms with Gasteiger partial charge < -0.3 is 0 Å². The first kappa shape index (κ1) is 9.56. The zero-order valence-electron chi connectivity index (χ0n) is 7.55. The molecule has 0 aliphatic heterocycles. The number of hydrogen-bond acceptors (Lipinski definition) is 1. The number of anilines is 1. The highest BCUT2D eigenvalue weighted by atomic mass is 35.5. The van der Waals surface area contributed by atoms with Gasteiger partial charge in [-0.2, -0.15) is 0 Å². The maximum Gasteiger partial charge on any atom is 0.180 e. The van der Waals surface area contributed by atoms with E-state index in [9.17, 15) is 0 Å². The van der Waals surface area contributed by atoms with Gasteiger partial charge in [-0.15, -0.1) is 4.90 Å². The fourth-order valence-electron chi connectivity index (χ4n) is 1.24. The van der Waals surface area contributed by atoms with Gasteiger partial charge in [0.1, 0.15) is 13.1 Å². The van der Waals surface area contributed by atoms with Gasteiger partial charge in [0.15, 0.2) is 5.69 Å². The number of halogens is 1. The molecule has 0 aliphatic rings. The first-order valence-corrected chi connectivity index (χ1v) is 4.66. The summed E-state index contributed by atoms with van der Waals surface area (Å²) in [5.74, 6) is 0. The van der Waals surface area contributed by atoms with E-state index in [-0.39, 0.29) is 0 Å². The van der Waals surface area contributed by atoms with Crippen molar-refractivity contribution < 1.29 is 0 Å². The van der Waals surface area contributed by atoms with Crippen LogP contribution in [0.3, 0.4) is 0 Å². The van der Waals surface area contributed by atoms with E-state index in [2.05, 4.69) is 30.9 Å². The van der Waals surface area contributed by atoms with Crippen molar-refractivity contribution in [3.05, 3.63) is 29.3 Å². The lowest BCUT2D eigenvalue weighted by Gasteiger charge is -2.06. The van der Waals surface area contributed by atoms with Gasteiger partial charge in [0.2, 0.25) is 0 Å². The average molecular weight is 184 g/mol. The van der Waals surface area contributed by atoms with E-state index in [1.165, 1.54) is 5.69 Å². The zero-order chi connectivity index (χ0) is 8.97. The van der Waals surface area contributed by atoms with Crippen molar-refractivity contribution in [2.24, 2.45) is 0 Å². The van der Waals surface area contributed by atoms with E-state index in [1.54, 1.807) is 0 Å². The van der Waals surface area contributed by atoms with Gasteiger partial charge in [0.05, 0.1) is 0 Å². The van der Waals surface area contributed by atoms with Crippen molar-refractivity contribution in [2.75, 3.05) is 13.1 Å². The van der Waals surface area contributed by atoms with E-state index in [4.69, 9.17) is 11.6 Å². The molecule has 1 nitrogen and oxygen atoms in total. The van der Waals surface area contributed by atoms with Gasteiger partial charge in [-0.3, -0.25) is 0 Å². The largest absolute Gasteiger partial charge is 0.180 e. The van der Waals surface area contributed by atoms with Crippen molar-refractivity contribution in [1.82, 2.24) is 4.90 Å². The molecule has 65 valence electrons. The maximum absolute atomic E-state index is 5.78. The first-order valence-electron chi connectivity index (χ1n) is 4.28. The fourth-order valence-corrected chi connectivity index (χ4v) is 1.37. The molecule has 0 saturated heterocycles. The van der Waals surface area contributed by atoms with Crippen molar-refractivity contribution in [3.8, 4) is 0 Å². The molecule has 1 aromatic rings. The van der Waals surface area contributed by atoms with E-state index in [0.29, 0.717) is 0 Å². The Labute approximate surface area is 79.0 Å². The standard InChI is InChI=1S/C10H14ClN/c1-3-12(4-2)10-7-5-9(11)6-8-10/h5-8H,3-4H2,1-2H3/q+1. The Morgan fingerprint density at radius 3 is 2.00 bits per heavy atom. The van der Waals surface area contributed by atoms with Crippen LogP contribution in [0.1, 0.15) is 13.8 Å². The smallest absolute Gasteiger partial charge is 0.135 e. The van der Waals surface area contributed by atoms with Gasteiger partial charge in [-0.25, -0.2) is 0 Å². The summed E-state index contributed by atoms with van der Waals surface area (Å²) in [6, 6.07) is 7.95. The molecule has 0 N–H and O–H groups in total. The van der Waals surface area contributed by atoms with Crippen LogP contribution in [0, 0.1) is 0 Å². The third kappa shape index (κ3) is 2.23. The van der Waals surface area contributed by atoms with E-state index in [1.807, 2.05) is 12.1 Å². The van der Waals surface area contributed by atoms with E-state index < -0.39 is 0 Å². The van der Waals surface area contributed by atoms with Gasteiger partial charge in [-0.05, 0) is 26.0 Å². The molecular weight excluding hydrogens is 170 g/mol. The summed E-state index contributed by atoms with van der Waals surface area (Å²) in [4.78, 5) is 2.29. The molecule has 1 radical (unpaired) electrons. The SMILES string of the molecule is CC[N+](CC)c1ccc(Cl)cc1. The Balaban J connectivity index is 2.80. The minimum absolute atomic E-state index is 0.797. The Morgan fingerprint density at radius 2 is 1.58 bits per heavy atom. The molecule has 0 aromatic heterocycles. The lowest BCUT2D eigenvalue weighted by molar-refractivity contribution is 0.583. The van der Waals surface area contributed by atoms with Crippen LogP contribution < -0.4 is 4.90 Å². The van der Waals surface area contributed by atoms with E-state index >= 15 is 0 Å². The summed E-state index contributed by atoms with van der Waals surface area (Å²) in [7, 11) is 0. The minimum Gasteiger partial charge on any atom is -0.135 e. The number of nitrogens with zero attached hydrogens (tertiary/aromatic N) is 1. The third-order valence-corrected chi connectivity index (χ3v) is 2.21. The minimum atomic E-state index is 0.797. The van der Waals surface area contributed by atoms with Crippen LogP contribution >= 0.6 is 11.6 Å². The second-order valence-corrected chi connectivity index (χ2v) is 3.09. The molecule has 0 spiro atoms. The van der Waals surface area contributed by atoms with Crippen LogP contribution in [0.5, 0.6) is 0 Å². The van der Waals surface area contributed by atoms with Crippen LogP contribution in [0.25, 0.3) is 0 Å². The summed E-state index contributed by atoms with van der Waals surface area (Å²) in [6.45, 7) is 6.38. The molecule has 0 fully saturated rings. The van der Waals surface area contributed by atoms with Crippen LogP contribution in [0.2, 0.25) is 5.02 Å². The molecule has 0 aliphatic carbocycles. The first-order chi connectivity index (χ1) is 5.77. The molecule has 0 bridgehead atoms. The Hall–Kier alpha value is -0.530. The third-order valence-electron chi connectivity index (χ3n) is 1.96. The molecule has 0 saturated carbocycles. The van der Waals surface area contributed by atoms with Gasteiger partial charge in [-0.1, -0.05) is 11.6 Å². The molecule has 0 heterocycles. The molecule has 0 unspecified atom stereocenters. The molecular formula is C10H14ClN+. The molecule has 0 atom stereocenters. The Kier molecular flexibility index (Phi) is 3.57. The highest BCUT2D eigenvalue weighted by Crippen LogP contribution is 2.16. The summed E-state index contributed by atoms with van der Waals surface area (Å²) in [6.07, 6.45) is 0. The van der Waals surface area contributed by atoms with Crippen LogP contribution in [0.15, 0.2) is 24.3 Å². The topological polar surface area (TPSA) is 5.90 Å². The number of rotatable bonds is 3. The zero-order valence-corrected chi connectivity index (χ0v) is 8.30. The number of hydrogen-bond donors (Lipinski definition) is 0. The van der Waals surface area contributed by atoms with Gasteiger partial charge >= 0.3 is 0 Å². The normalized spacial score (nSPS) is 10.7. The fraction of sp³-hybridized carbons (Fsp3) is 0.400. The summed E-state index contributed by atoms with van der Waals surface area (Å²) in [5, 5.41) is 0.797. The van der Waals surface area contributed by atoms with Crippen molar-refractivity contribution in [3.63, 3.8) is 0 Å². The van der Waals surface area contributed by atoms with Gasteiger partial charge in [0.25, 0.3) is 0 Å². The van der Waals surface area contributed by atoms with Crippen molar-refractivity contribution in [1.29, 1.82) is 0 Å². The lowest BCUT2D eigenvalue weighted by atomic mass is 10.3. The second-order valence-electron chi connectivity index (χ2n) is 2.65. The van der Waals surface area contributed by atoms with Crippen LogP contribution in [0.4, 0.5) is 5.69 Å². The quantitative estimate of drug-likeness (QED) is 0.635. The lowest BCUT2D eigenvalue weighted by Crippen LogP contribution is -2.22. The predicted molar refractivity (Wildman–Crippen MR) is 54.3 cm³/mol. The maximum atomic E-state index is 5.78. The highest BCUT2D eigenvalue weighted by molar-refractivity contribution is 6.30. The summed E-state index contributed by atoms with van der Waals surface area (Å²) in [5.41, 5.74) is 1.24. The molecule has 12 heavy (non-hydrogen) atoms. The summed E-state index contributed by atoms with van der Waals surface area (Å²) >= 11 is 5.78. The predicted octanol–water partition coefficient (Wildman–Crippen LogP) is 3.15.